The van der Waals surface area contributed by atoms with Crippen LogP contribution in [0.1, 0.15) is 27.7 Å². The predicted octanol–water partition coefficient (Wildman–Crippen LogP) is 2.02. The van der Waals surface area contributed by atoms with Gasteiger partial charge in [0.05, 0.1) is 0 Å². The van der Waals surface area contributed by atoms with Crippen LogP contribution in [-0.4, -0.2) is 48.2 Å². The van der Waals surface area contributed by atoms with Crippen molar-refractivity contribution in [3.8, 4) is 0 Å². The van der Waals surface area contributed by atoms with Crippen molar-refractivity contribution in [1.82, 2.24) is 0 Å². The molecule has 1 N–H and O–H groups in total. The molecule has 3 fully saturated rings. The molecule has 7 nitrogen and oxygen atoms in total. The molecule has 0 radical (unpaired) electrons. The number of ether oxygens (including phenoxy) is 5. The van der Waals surface area contributed by atoms with Crippen LogP contribution in [0.25, 0.3) is 0 Å². The number of para-hydroxylation sites is 1. The summed E-state index contributed by atoms with van der Waals surface area (Å²) in [5.74, 6) is -1.93. The van der Waals surface area contributed by atoms with E-state index in [0.717, 1.165) is 0 Å². The molecule has 5 atom stereocenters. The Kier molecular flexibility index (Phi) is 3.90. The molecule has 0 bridgehead atoms. The Labute approximate surface area is 146 Å². The molecule has 0 aromatic heterocycles. The standard InChI is InChI=1S/C18H23NO6/c1-17(2)22-11-12(23-17)14-16(25-18(3,4)24-14)21-13(11)15(20)19-10-8-6-5-7-9-10/h5-9,11-14,16H,1-4H3,(H,19,20)/t11-,12+,13+,14-,16+/m1/s1. The Hall–Kier alpha value is -1.51. The van der Waals surface area contributed by atoms with Crippen molar-refractivity contribution in [3.63, 3.8) is 0 Å². The van der Waals surface area contributed by atoms with Gasteiger partial charge in [-0.2, -0.15) is 0 Å². The van der Waals surface area contributed by atoms with E-state index in [4.69, 9.17) is 23.7 Å². The van der Waals surface area contributed by atoms with Crippen LogP contribution in [0.2, 0.25) is 0 Å². The van der Waals surface area contributed by atoms with Gasteiger partial charge in [0.25, 0.3) is 5.91 Å². The van der Waals surface area contributed by atoms with Crippen LogP contribution in [0, 0.1) is 0 Å². The average Bonchev–Trinajstić information content (AvgIpc) is 3.01. The SMILES string of the molecule is CC1(C)O[C@H]2[C@@H](O1)[C@@H](C(=O)Nc1ccccc1)O[C@H]1OC(C)(C)O[C@@H]12. The molecular weight excluding hydrogens is 326 g/mol. The Morgan fingerprint density at radius 2 is 1.48 bits per heavy atom. The van der Waals surface area contributed by atoms with Crippen molar-refractivity contribution in [2.24, 2.45) is 0 Å². The monoisotopic (exact) mass is 349 g/mol. The molecule has 0 spiro atoms. The Morgan fingerprint density at radius 3 is 2.20 bits per heavy atom. The summed E-state index contributed by atoms with van der Waals surface area (Å²) in [4.78, 5) is 12.8. The fraction of sp³-hybridized carbons (Fsp3) is 0.611. The molecule has 3 saturated heterocycles. The van der Waals surface area contributed by atoms with Gasteiger partial charge >= 0.3 is 0 Å². The fourth-order valence-electron chi connectivity index (χ4n) is 3.56. The van der Waals surface area contributed by atoms with E-state index in [9.17, 15) is 4.79 Å². The zero-order valence-corrected chi connectivity index (χ0v) is 14.7. The minimum absolute atomic E-state index is 0.297. The lowest BCUT2D eigenvalue weighted by atomic mass is 9.98. The molecule has 136 valence electrons. The lowest BCUT2D eigenvalue weighted by Crippen LogP contribution is -2.58. The van der Waals surface area contributed by atoms with E-state index >= 15 is 0 Å². The van der Waals surface area contributed by atoms with Gasteiger partial charge in [-0.05, 0) is 39.8 Å². The molecule has 4 rings (SSSR count). The molecule has 25 heavy (non-hydrogen) atoms. The Balaban J connectivity index is 1.58. The summed E-state index contributed by atoms with van der Waals surface area (Å²) >= 11 is 0. The van der Waals surface area contributed by atoms with Crippen LogP contribution < -0.4 is 5.32 Å². The van der Waals surface area contributed by atoms with Crippen LogP contribution in [0.5, 0.6) is 0 Å². The van der Waals surface area contributed by atoms with Gasteiger partial charge in [0, 0.05) is 5.69 Å². The molecule has 1 amide bonds. The van der Waals surface area contributed by atoms with Gasteiger partial charge in [-0.25, -0.2) is 0 Å². The Bertz CT molecular complexity index is 661. The predicted molar refractivity (Wildman–Crippen MR) is 87.6 cm³/mol. The van der Waals surface area contributed by atoms with Crippen molar-refractivity contribution in [2.45, 2.75) is 70.0 Å². The number of rotatable bonds is 2. The minimum atomic E-state index is -0.856. The summed E-state index contributed by atoms with van der Waals surface area (Å²) in [6.45, 7) is 7.24. The third kappa shape index (κ3) is 3.18. The lowest BCUT2D eigenvalue weighted by molar-refractivity contribution is -0.229. The van der Waals surface area contributed by atoms with Gasteiger partial charge in [-0.1, -0.05) is 18.2 Å². The van der Waals surface area contributed by atoms with Crippen LogP contribution in [-0.2, 0) is 28.5 Å². The van der Waals surface area contributed by atoms with Gasteiger partial charge in [0.15, 0.2) is 24.0 Å². The van der Waals surface area contributed by atoms with Crippen molar-refractivity contribution in [1.29, 1.82) is 0 Å². The maximum absolute atomic E-state index is 12.8. The van der Waals surface area contributed by atoms with E-state index < -0.39 is 42.3 Å². The molecule has 0 saturated carbocycles. The summed E-state index contributed by atoms with van der Waals surface area (Å²) in [6.07, 6.45) is -2.99. The van der Waals surface area contributed by atoms with Crippen LogP contribution in [0.4, 0.5) is 5.69 Å². The van der Waals surface area contributed by atoms with Crippen molar-refractivity contribution < 1.29 is 28.5 Å². The van der Waals surface area contributed by atoms with E-state index in [2.05, 4.69) is 5.32 Å². The minimum Gasteiger partial charge on any atom is -0.342 e. The lowest BCUT2D eigenvalue weighted by Gasteiger charge is -2.36. The second-order valence-corrected chi connectivity index (χ2v) is 7.45. The molecule has 7 heteroatoms. The number of fused-ring (bicyclic) bond motifs is 3. The molecule has 0 unspecified atom stereocenters. The number of carbonyl (C=O) groups excluding carboxylic acids is 1. The molecule has 3 heterocycles. The maximum atomic E-state index is 12.8. The second-order valence-electron chi connectivity index (χ2n) is 7.45. The number of carbonyl (C=O) groups is 1. The van der Waals surface area contributed by atoms with Gasteiger partial charge in [-0.3, -0.25) is 4.79 Å². The van der Waals surface area contributed by atoms with E-state index in [1.165, 1.54) is 0 Å². The highest BCUT2D eigenvalue weighted by atomic mass is 16.9. The molecule has 3 aliphatic heterocycles. The summed E-state index contributed by atoms with van der Waals surface area (Å²) in [5, 5.41) is 2.86. The average molecular weight is 349 g/mol. The molecule has 1 aromatic carbocycles. The first-order valence-corrected chi connectivity index (χ1v) is 8.47. The number of benzene rings is 1. The third-order valence-corrected chi connectivity index (χ3v) is 4.45. The largest absolute Gasteiger partial charge is 0.342 e. The van der Waals surface area contributed by atoms with Crippen molar-refractivity contribution in [3.05, 3.63) is 30.3 Å². The zero-order chi connectivity index (χ0) is 17.8. The summed E-state index contributed by atoms with van der Waals surface area (Å²) < 4.78 is 29.6. The number of anilines is 1. The first-order chi connectivity index (χ1) is 11.7. The summed E-state index contributed by atoms with van der Waals surface area (Å²) in [5.41, 5.74) is 0.692. The number of hydrogen-bond acceptors (Lipinski definition) is 6. The van der Waals surface area contributed by atoms with Crippen LogP contribution in [0.3, 0.4) is 0 Å². The normalized spacial score (nSPS) is 38.0. The fourth-order valence-corrected chi connectivity index (χ4v) is 3.56. The highest BCUT2D eigenvalue weighted by Gasteiger charge is 2.62. The summed E-state index contributed by atoms with van der Waals surface area (Å²) in [6, 6.07) is 9.22. The zero-order valence-electron chi connectivity index (χ0n) is 14.7. The molecule has 1 aromatic rings. The highest BCUT2D eigenvalue weighted by Crippen LogP contribution is 2.44. The van der Waals surface area contributed by atoms with E-state index in [1.807, 2.05) is 58.0 Å². The number of nitrogens with one attached hydrogen (secondary N) is 1. The van der Waals surface area contributed by atoms with Crippen LogP contribution in [0.15, 0.2) is 30.3 Å². The summed E-state index contributed by atoms with van der Waals surface area (Å²) in [7, 11) is 0. The first kappa shape index (κ1) is 16.9. The molecule has 3 aliphatic rings. The van der Waals surface area contributed by atoms with Crippen molar-refractivity contribution in [2.75, 3.05) is 5.32 Å². The quantitative estimate of drug-likeness (QED) is 0.880. The highest BCUT2D eigenvalue weighted by molar-refractivity contribution is 5.94. The van der Waals surface area contributed by atoms with Gasteiger partial charge in [0.1, 0.15) is 18.3 Å². The van der Waals surface area contributed by atoms with E-state index in [1.54, 1.807) is 0 Å². The smallest absolute Gasteiger partial charge is 0.256 e. The number of amides is 1. The van der Waals surface area contributed by atoms with E-state index in [0.29, 0.717) is 5.69 Å². The topological polar surface area (TPSA) is 75.3 Å². The number of hydrogen-bond donors (Lipinski definition) is 1. The molecule has 0 aliphatic carbocycles. The van der Waals surface area contributed by atoms with Crippen molar-refractivity contribution >= 4 is 11.6 Å². The van der Waals surface area contributed by atoms with Crippen LogP contribution >= 0.6 is 0 Å². The van der Waals surface area contributed by atoms with Gasteiger partial charge < -0.3 is 29.0 Å². The second kappa shape index (κ2) is 5.75. The third-order valence-electron chi connectivity index (χ3n) is 4.45. The van der Waals surface area contributed by atoms with Gasteiger partial charge in [0.2, 0.25) is 0 Å². The first-order valence-electron chi connectivity index (χ1n) is 8.47. The Morgan fingerprint density at radius 1 is 0.880 bits per heavy atom. The molecular formula is C18H23NO6. The maximum Gasteiger partial charge on any atom is 0.256 e. The van der Waals surface area contributed by atoms with Gasteiger partial charge in [-0.15, -0.1) is 0 Å². The van der Waals surface area contributed by atoms with E-state index in [-0.39, 0.29) is 5.91 Å².